The molecule has 0 radical (unpaired) electrons. The normalized spacial score (nSPS) is 12.6. The van der Waals surface area contributed by atoms with Gasteiger partial charge in [-0.25, -0.2) is 0 Å². The third-order valence-electron chi connectivity index (χ3n) is 3.09. The van der Waals surface area contributed by atoms with Crippen molar-refractivity contribution in [2.75, 3.05) is 0 Å². The molecule has 2 aromatic rings. The molecule has 0 fully saturated rings. The Bertz CT molecular complexity index is 490. The number of aryl methyl sites for hydroxylation is 2. The van der Waals surface area contributed by atoms with Crippen molar-refractivity contribution in [2.45, 2.75) is 39.3 Å². The van der Waals surface area contributed by atoms with E-state index in [1.807, 2.05) is 29.9 Å². The number of rotatable bonds is 5. The third kappa shape index (κ3) is 2.76. The third-order valence-corrected chi connectivity index (χ3v) is 3.09. The fourth-order valence-corrected chi connectivity index (χ4v) is 1.98. The number of aromatic nitrogens is 3. The van der Waals surface area contributed by atoms with E-state index in [1.54, 1.807) is 6.20 Å². The topological polar surface area (TPSA) is 50.9 Å². The van der Waals surface area contributed by atoms with E-state index in [9.17, 15) is 5.11 Å². The number of hydrogen-bond donors (Lipinski definition) is 1. The minimum atomic E-state index is -0.549. The predicted molar refractivity (Wildman–Crippen MR) is 70.2 cm³/mol. The number of aliphatic hydroxyl groups is 1. The Balaban J connectivity index is 2.08. The summed E-state index contributed by atoms with van der Waals surface area (Å²) >= 11 is 0. The average Bonchev–Trinajstić information content (AvgIpc) is 2.88. The summed E-state index contributed by atoms with van der Waals surface area (Å²) in [5, 5.41) is 14.4. The maximum Gasteiger partial charge on any atom is 0.101 e. The van der Waals surface area contributed by atoms with Crippen LogP contribution in [-0.4, -0.2) is 19.9 Å². The zero-order valence-electron chi connectivity index (χ0n) is 10.9. The van der Waals surface area contributed by atoms with Gasteiger partial charge < -0.3 is 5.11 Å². The van der Waals surface area contributed by atoms with Gasteiger partial charge in [0.2, 0.25) is 0 Å². The molecule has 0 bridgehead atoms. The van der Waals surface area contributed by atoms with Crippen molar-refractivity contribution in [1.29, 1.82) is 0 Å². The highest BCUT2D eigenvalue weighted by Gasteiger charge is 2.13. The van der Waals surface area contributed by atoms with E-state index >= 15 is 0 Å². The molecule has 1 N–H and O–H groups in total. The molecule has 4 nitrogen and oxygen atoms in total. The first-order chi connectivity index (χ1) is 8.74. The van der Waals surface area contributed by atoms with Crippen LogP contribution in [0.3, 0.4) is 0 Å². The maximum atomic E-state index is 10.2. The Morgan fingerprint density at radius 3 is 2.72 bits per heavy atom. The lowest BCUT2D eigenvalue weighted by Crippen LogP contribution is -2.10. The average molecular weight is 245 g/mol. The summed E-state index contributed by atoms with van der Waals surface area (Å²) in [5.41, 5.74) is 2.97. The van der Waals surface area contributed by atoms with E-state index in [2.05, 4.69) is 23.1 Å². The minimum absolute atomic E-state index is 0.523. The first-order valence-corrected chi connectivity index (χ1v) is 6.38. The molecule has 2 heterocycles. The largest absolute Gasteiger partial charge is 0.386 e. The summed E-state index contributed by atoms with van der Waals surface area (Å²) in [6, 6.07) is 5.90. The second kappa shape index (κ2) is 5.78. The van der Waals surface area contributed by atoms with Gasteiger partial charge in [0.25, 0.3) is 0 Å². The van der Waals surface area contributed by atoms with E-state index < -0.39 is 6.10 Å². The summed E-state index contributed by atoms with van der Waals surface area (Å²) in [7, 11) is 0. The Morgan fingerprint density at radius 2 is 2.11 bits per heavy atom. The molecular formula is C14H19N3O. The van der Waals surface area contributed by atoms with Crippen molar-refractivity contribution in [1.82, 2.24) is 14.8 Å². The van der Waals surface area contributed by atoms with Crippen LogP contribution in [0.5, 0.6) is 0 Å². The fourth-order valence-electron chi connectivity index (χ4n) is 1.98. The highest BCUT2D eigenvalue weighted by molar-refractivity contribution is 5.16. The van der Waals surface area contributed by atoms with Crippen LogP contribution < -0.4 is 0 Å². The Kier molecular flexibility index (Phi) is 4.10. The molecule has 0 aliphatic carbocycles. The molecular weight excluding hydrogens is 226 g/mol. The van der Waals surface area contributed by atoms with Crippen LogP contribution in [0.15, 0.2) is 30.6 Å². The van der Waals surface area contributed by atoms with Gasteiger partial charge in [-0.3, -0.25) is 9.67 Å². The quantitative estimate of drug-likeness (QED) is 0.878. The van der Waals surface area contributed by atoms with Crippen LogP contribution in [0.2, 0.25) is 0 Å². The SMILES string of the molecule is CCc1ccc(CC(O)c2ccnn2CC)nc1. The molecule has 0 aromatic carbocycles. The van der Waals surface area contributed by atoms with Crippen LogP contribution in [0.4, 0.5) is 0 Å². The fraction of sp³-hybridized carbons (Fsp3) is 0.429. The van der Waals surface area contributed by atoms with Gasteiger partial charge in [-0.2, -0.15) is 5.10 Å². The molecule has 1 unspecified atom stereocenters. The molecule has 0 amide bonds. The van der Waals surface area contributed by atoms with Gasteiger partial charge in [0, 0.05) is 31.1 Å². The number of hydrogen-bond acceptors (Lipinski definition) is 3. The Hall–Kier alpha value is -1.68. The number of pyridine rings is 1. The van der Waals surface area contributed by atoms with Gasteiger partial charge in [-0.15, -0.1) is 0 Å². The molecule has 1 atom stereocenters. The van der Waals surface area contributed by atoms with E-state index in [0.717, 1.165) is 24.4 Å². The standard InChI is InChI=1S/C14H19N3O/c1-3-11-5-6-12(15-10-11)9-14(18)13-7-8-16-17(13)4-2/h5-8,10,14,18H,3-4,9H2,1-2H3. The minimum Gasteiger partial charge on any atom is -0.386 e. The molecule has 96 valence electrons. The molecule has 0 aliphatic heterocycles. The second-order valence-corrected chi connectivity index (χ2v) is 4.30. The van der Waals surface area contributed by atoms with Gasteiger partial charge in [-0.1, -0.05) is 13.0 Å². The Morgan fingerprint density at radius 1 is 1.28 bits per heavy atom. The maximum absolute atomic E-state index is 10.2. The van der Waals surface area contributed by atoms with Gasteiger partial charge in [0.05, 0.1) is 5.69 Å². The molecule has 0 aliphatic rings. The number of nitrogens with zero attached hydrogens (tertiary/aromatic N) is 3. The van der Waals surface area contributed by atoms with Gasteiger partial charge in [0.1, 0.15) is 6.10 Å². The van der Waals surface area contributed by atoms with Gasteiger partial charge >= 0.3 is 0 Å². The van der Waals surface area contributed by atoms with Crippen molar-refractivity contribution in [3.8, 4) is 0 Å². The molecule has 2 rings (SSSR count). The van der Waals surface area contributed by atoms with Crippen LogP contribution in [-0.2, 0) is 19.4 Å². The van der Waals surface area contributed by atoms with Crippen LogP contribution in [0.1, 0.15) is 36.9 Å². The molecule has 0 saturated carbocycles. The van der Waals surface area contributed by atoms with Crippen molar-refractivity contribution in [3.05, 3.63) is 47.5 Å². The van der Waals surface area contributed by atoms with Crippen LogP contribution in [0.25, 0.3) is 0 Å². The summed E-state index contributed by atoms with van der Waals surface area (Å²) in [6.45, 7) is 4.88. The first kappa shape index (κ1) is 12.8. The van der Waals surface area contributed by atoms with Gasteiger partial charge in [0.15, 0.2) is 0 Å². The zero-order valence-corrected chi connectivity index (χ0v) is 10.9. The Labute approximate surface area is 107 Å². The summed E-state index contributed by atoms with van der Waals surface area (Å²) in [6.07, 6.45) is 4.55. The predicted octanol–water partition coefficient (Wildman–Crippen LogP) is 2.14. The lowest BCUT2D eigenvalue weighted by Gasteiger charge is -2.12. The van der Waals surface area contributed by atoms with E-state index in [0.29, 0.717) is 6.42 Å². The van der Waals surface area contributed by atoms with Crippen molar-refractivity contribution >= 4 is 0 Å². The van der Waals surface area contributed by atoms with Crippen LogP contribution in [0, 0.1) is 0 Å². The van der Waals surface area contributed by atoms with E-state index in [1.165, 1.54) is 5.56 Å². The second-order valence-electron chi connectivity index (χ2n) is 4.30. The monoisotopic (exact) mass is 245 g/mol. The highest BCUT2D eigenvalue weighted by atomic mass is 16.3. The van der Waals surface area contributed by atoms with Crippen LogP contribution >= 0.6 is 0 Å². The molecule has 18 heavy (non-hydrogen) atoms. The van der Waals surface area contributed by atoms with Gasteiger partial charge in [-0.05, 0) is 31.0 Å². The zero-order chi connectivity index (χ0) is 13.0. The van der Waals surface area contributed by atoms with E-state index in [4.69, 9.17) is 0 Å². The van der Waals surface area contributed by atoms with Crippen molar-refractivity contribution in [2.24, 2.45) is 0 Å². The number of aliphatic hydroxyl groups excluding tert-OH is 1. The van der Waals surface area contributed by atoms with Crippen molar-refractivity contribution < 1.29 is 5.11 Å². The smallest absolute Gasteiger partial charge is 0.101 e. The van der Waals surface area contributed by atoms with E-state index in [-0.39, 0.29) is 0 Å². The van der Waals surface area contributed by atoms with Crippen molar-refractivity contribution in [3.63, 3.8) is 0 Å². The summed E-state index contributed by atoms with van der Waals surface area (Å²) in [5.74, 6) is 0. The summed E-state index contributed by atoms with van der Waals surface area (Å²) in [4.78, 5) is 4.37. The molecule has 4 heteroatoms. The summed E-state index contributed by atoms with van der Waals surface area (Å²) < 4.78 is 1.81. The first-order valence-electron chi connectivity index (χ1n) is 6.38. The lowest BCUT2D eigenvalue weighted by molar-refractivity contribution is 0.166. The molecule has 2 aromatic heterocycles. The molecule has 0 saturated heterocycles. The molecule has 0 spiro atoms. The lowest BCUT2D eigenvalue weighted by atomic mass is 10.1. The highest BCUT2D eigenvalue weighted by Crippen LogP contribution is 2.17.